The topological polar surface area (TPSA) is 64.6 Å². The number of rotatable bonds is 5. The molecule has 0 saturated heterocycles. The highest BCUT2D eigenvalue weighted by Gasteiger charge is 2.00. The first-order chi connectivity index (χ1) is 8.22. The highest BCUT2D eigenvalue weighted by Crippen LogP contribution is 2.08. The summed E-state index contributed by atoms with van der Waals surface area (Å²) in [6.45, 7) is 2.09. The van der Waals surface area contributed by atoms with Gasteiger partial charge in [0.2, 0.25) is 0 Å². The zero-order valence-electron chi connectivity index (χ0n) is 9.38. The van der Waals surface area contributed by atoms with Crippen molar-refractivity contribution in [1.29, 1.82) is 0 Å². The Labute approximate surface area is 99.0 Å². The molecule has 0 bridgehead atoms. The summed E-state index contributed by atoms with van der Waals surface area (Å²) in [6, 6.07) is 8.59. The predicted molar refractivity (Wildman–Crippen MR) is 61.0 cm³/mol. The average molecular weight is 235 g/mol. The van der Waals surface area contributed by atoms with Gasteiger partial charge >= 0.3 is 5.97 Å². The molecule has 0 aliphatic carbocycles. The fourth-order valence-corrected chi connectivity index (χ4v) is 0.960. The van der Waals surface area contributed by atoms with Crippen LogP contribution in [-0.2, 0) is 14.4 Å². The maximum atomic E-state index is 11.3. The molecule has 1 rings (SSSR count). The first-order valence-electron chi connectivity index (χ1n) is 5.09. The minimum Gasteiger partial charge on any atom is -0.423 e. The van der Waals surface area contributed by atoms with Crippen molar-refractivity contribution in [3.63, 3.8) is 0 Å². The number of esters is 1. The van der Waals surface area contributed by atoms with Gasteiger partial charge in [0.05, 0.1) is 6.61 Å². The van der Waals surface area contributed by atoms with Crippen LogP contribution in [0, 0.1) is 0 Å². The quantitative estimate of drug-likeness (QED) is 0.360. The SMILES string of the molecule is CCONC(=O)/C=C\C(=O)Oc1ccccc1. The Bertz CT molecular complexity index is 400. The second-order valence-corrected chi connectivity index (χ2v) is 2.97. The minimum absolute atomic E-state index is 0.355. The Kier molecular flexibility index (Phi) is 5.46. The summed E-state index contributed by atoms with van der Waals surface area (Å²) in [5.74, 6) is -0.716. The van der Waals surface area contributed by atoms with Crippen LogP contribution in [0.2, 0.25) is 0 Å². The smallest absolute Gasteiger partial charge is 0.336 e. The van der Waals surface area contributed by atoms with Crippen molar-refractivity contribution in [3.8, 4) is 5.75 Å². The van der Waals surface area contributed by atoms with Crippen molar-refractivity contribution in [2.75, 3.05) is 6.61 Å². The van der Waals surface area contributed by atoms with Crippen LogP contribution in [0.5, 0.6) is 5.75 Å². The number of hydroxylamine groups is 1. The molecule has 0 atom stereocenters. The zero-order chi connectivity index (χ0) is 12.5. The normalized spacial score (nSPS) is 10.2. The first-order valence-corrected chi connectivity index (χ1v) is 5.09. The Morgan fingerprint density at radius 1 is 1.24 bits per heavy atom. The van der Waals surface area contributed by atoms with E-state index in [2.05, 4.69) is 10.3 Å². The van der Waals surface area contributed by atoms with E-state index in [0.717, 1.165) is 12.2 Å². The molecule has 0 heterocycles. The fraction of sp³-hybridized carbons (Fsp3) is 0.167. The molecule has 0 spiro atoms. The number of carbonyl (C=O) groups is 2. The van der Waals surface area contributed by atoms with E-state index < -0.39 is 11.9 Å². The van der Waals surface area contributed by atoms with Crippen LogP contribution in [0.3, 0.4) is 0 Å². The van der Waals surface area contributed by atoms with E-state index in [4.69, 9.17) is 4.74 Å². The lowest BCUT2D eigenvalue weighted by Crippen LogP contribution is -2.21. The fourth-order valence-electron chi connectivity index (χ4n) is 0.960. The summed E-state index contributed by atoms with van der Waals surface area (Å²) < 4.78 is 4.92. The number of para-hydroxylation sites is 1. The summed E-state index contributed by atoms with van der Waals surface area (Å²) in [6.07, 6.45) is 2.07. The first kappa shape index (κ1) is 12.9. The maximum Gasteiger partial charge on any atom is 0.336 e. The molecule has 1 aromatic rings. The summed E-state index contributed by atoms with van der Waals surface area (Å²) >= 11 is 0. The van der Waals surface area contributed by atoms with Crippen LogP contribution < -0.4 is 10.2 Å². The van der Waals surface area contributed by atoms with Crippen molar-refractivity contribution in [3.05, 3.63) is 42.5 Å². The largest absolute Gasteiger partial charge is 0.423 e. The lowest BCUT2D eigenvalue weighted by atomic mass is 10.3. The third-order valence-electron chi connectivity index (χ3n) is 1.65. The molecular formula is C12H13NO4. The van der Waals surface area contributed by atoms with Crippen LogP contribution in [0.25, 0.3) is 0 Å². The summed E-state index contributed by atoms with van der Waals surface area (Å²) in [5.41, 5.74) is 2.12. The van der Waals surface area contributed by atoms with Crippen LogP contribution in [0.15, 0.2) is 42.5 Å². The molecule has 1 amide bonds. The molecule has 5 heteroatoms. The van der Waals surface area contributed by atoms with Crippen LogP contribution in [0.1, 0.15) is 6.92 Å². The van der Waals surface area contributed by atoms with Crippen LogP contribution in [0.4, 0.5) is 0 Å². The van der Waals surface area contributed by atoms with E-state index in [1.807, 2.05) is 6.07 Å². The van der Waals surface area contributed by atoms with Gasteiger partial charge in [0.25, 0.3) is 5.91 Å². The Morgan fingerprint density at radius 3 is 2.59 bits per heavy atom. The molecule has 0 unspecified atom stereocenters. The van der Waals surface area contributed by atoms with Gasteiger partial charge in [0, 0.05) is 12.2 Å². The Hall–Kier alpha value is -2.14. The van der Waals surface area contributed by atoms with Gasteiger partial charge in [-0.1, -0.05) is 18.2 Å². The third kappa shape index (κ3) is 5.48. The lowest BCUT2D eigenvalue weighted by Gasteiger charge is -2.00. The van der Waals surface area contributed by atoms with E-state index in [1.165, 1.54) is 0 Å². The second kappa shape index (κ2) is 7.19. The highest BCUT2D eigenvalue weighted by molar-refractivity contribution is 5.94. The number of ether oxygens (including phenoxy) is 1. The molecule has 1 aromatic carbocycles. The second-order valence-electron chi connectivity index (χ2n) is 2.97. The van der Waals surface area contributed by atoms with E-state index in [0.29, 0.717) is 12.4 Å². The van der Waals surface area contributed by atoms with E-state index in [1.54, 1.807) is 31.2 Å². The number of hydrogen-bond donors (Lipinski definition) is 1. The summed E-state index contributed by atoms with van der Waals surface area (Å²) in [7, 11) is 0. The van der Waals surface area contributed by atoms with Gasteiger partial charge < -0.3 is 4.74 Å². The van der Waals surface area contributed by atoms with Crippen molar-refractivity contribution >= 4 is 11.9 Å². The van der Waals surface area contributed by atoms with Crippen LogP contribution >= 0.6 is 0 Å². The Morgan fingerprint density at radius 2 is 1.94 bits per heavy atom. The molecular weight excluding hydrogens is 222 g/mol. The van der Waals surface area contributed by atoms with Gasteiger partial charge in [-0.15, -0.1) is 0 Å². The summed E-state index contributed by atoms with van der Waals surface area (Å²) in [4.78, 5) is 26.9. The third-order valence-corrected chi connectivity index (χ3v) is 1.65. The monoisotopic (exact) mass is 235 g/mol. The lowest BCUT2D eigenvalue weighted by molar-refractivity contribution is -0.131. The molecule has 0 fully saturated rings. The number of benzene rings is 1. The van der Waals surface area contributed by atoms with E-state index in [-0.39, 0.29) is 0 Å². The highest BCUT2D eigenvalue weighted by atomic mass is 16.6. The van der Waals surface area contributed by atoms with E-state index >= 15 is 0 Å². The maximum absolute atomic E-state index is 11.3. The number of hydrogen-bond acceptors (Lipinski definition) is 4. The average Bonchev–Trinajstić information content (AvgIpc) is 2.35. The van der Waals surface area contributed by atoms with Gasteiger partial charge in [-0.05, 0) is 19.1 Å². The van der Waals surface area contributed by atoms with Crippen molar-refractivity contribution in [2.24, 2.45) is 0 Å². The van der Waals surface area contributed by atoms with Crippen LogP contribution in [-0.4, -0.2) is 18.5 Å². The van der Waals surface area contributed by atoms with E-state index in [9.17, 15) is 9.59 Å². The standard InChI is InChI=1S/C12H13NO4/c1-2-16-13-11(14)8-9-12(15)17-10-6-4-3-5-7-10/h3-9H,2H2,1H3,(H,13,14)/b9-8-. The molecule has 5 nitrogen and oxygen atoms in total. The van der Waals surface area contributed by atoms with Crippen molar-refractivity contribution in [2.45, 2.75) is 6.92 Å². The van der Waals surface area contributed by atoms with Gasteiger partial charge in [-0.2, -0.15) is 0 Å². The predicted octanol–water partition coefficient (Wildman–Crippen LogP) is 1.22. The van der Waals surface area contributed by atoms with Gasteiger partial charge in [-0.25, -0.2) is 10.3 Å². The molecule has 0 saturated carbocycles. The Balaban J connectivity index is 2.39. The summed E-state index contributed by atoms with van der Waals surface area (Å²) in [5, 5.41) is 0. The molecule has 0 aliphatic heterocycles. The van der Waals surface area contributed by atoms with Crippen molar-refractivity contribution in [1.82, 2.24) is 5.48 Å². The zero-order valence-corrected chi connectivity index (χ0v) is 9.38. The number of amides is 1. The minimum atomic E-state index is -0.622. The molecule has 90 valence electrons. The molecule has 17 heavy (non-hydrogen) atoms. The molecule has 0 aliphatic rings. The van der Waals surface area contributed by atoms with Gasteiger partial charge in [-0.3, -0.25) is 9.63 Å². The number of carbonyl (C=O) groups excluding carboxylic acids is 2. The number of nitrogens with one attached hydrogen (secondary N) is 1. The van der Waals surface area contributed by atoms with Gasteiger partial charge in [0.1, 0.15) is 5.75 Å². The molecule has 0 radical (unpaired) electrons. The van der Waals surface area contributed by atoms with Gasteiger partial charge in [0.15, 0.2) is 0 Å². The molecule has 0 aromatic heterocycles. The van der Waals surface area contributed by atoms with Crippen molar-refractivity contribution < 1.29 is 19.2 Å². The molecule has 1 N–H and O–H groups in total.